The SMILES string of the molecule is CNC(=O)c1ccc(OC(CN2CCN(C(=O)OC(C)(C)C)[C@H](C)C2)c2ccc(C3CC3)c(F)c2)cc1. The molecule has 2 aromatic carbocycles. The van der Waals surface area contributed by atoms with E-state index in [4.69, 9.17) is 9.47 Å². The molecule has 1 heterocycles. The number of carbonyl (C=O) groups is 2. The fourth-order valence-corrected chi connectivity index (χ4v) is 4.70. The number of piperazine rings is 1. The first-order valence-electron chi connectivity index (χ1n) is 13.0. The predicted octanol–water partition coefficient (Wildman–Crippen LogP) is 5.12. The molecule has 200 valence electrons. The van der Waals surface area contributed by atoms with Gasteiger partial charge < -0.3 is 19.7 Å². The summed E-state index contributed by atoms with van der Waals surface area (Å²) in [5.41, 5.74) is 1.53. The maximum atomic E-state index is 15.0. The summed E-state index contributed by atoms with van der Waals surface area (Å²) < 4.78 is 26.9. The van der Waals surface area contributed by atoms with Gasteiger partial charge in [-0.15, -0.1) is 0 Å². The van der Waals surface area contributed by atoms with Crippen molar-refractivity contribution in [2.24, 2.45) is 0 Å². The number of ether oxygens (including phenoxy) is 2. The Balaban J connectivity index is 1.49. The van der Waals surface area contributed by atoms with E-state index in [-0.39, 0.29) is 23.9 Å². The molecule has 37 heavy (non-hydrogen) atoms. The van der Waals surface area contributed by atoms with Crippen LogP contribution in [0.3, 0.4) is 0 Å². The van der Waals surface area contributed by atoms with Crippen molar-refractivity contribution in [2.75, 3.05) is 33.2 Å². The van der Waals surface area contributed by atoms with Crippen LogP contribution < -0.4 is 10.1 Å². The Labute approximate surface area is 218 Å². The van der Waals surface area contributed by atoms with Gasteiger partial charge >= 0.3 is 6.09 Å². The number of nitrogens with zero attached hydrogens (tertiary/aromatic N) is 2. The van der Waals surface area contributed by atoms with Crippen molar-refractivity contribution in [2.45, 2.75) is 64.2 Å². The minimum Gasteiger partial charge on any atom is -0.484 e. The zero-order chi connectivity index (χ0) is 26.7. The van der Waals surface area contributed by atoms with Crippen LogP contribution >= 0.6 is 0 Å². The molecule has 1 saturated carbocycles. The summed E-state index contributed by atoms with van der Waals surface area (Å²) in [6.07, 6.45) is 1.34. The van der Waals surface area contributed by atoms with E-state index in [1.165, 1.54) is 0 Å². The minimum absolute atomic E-state index is 0.0370. The molecule has 2 aliphatic rings. The molecule has 2 amide bonds. The third-order valence-corrected chi connectivity index (χ3v) is 6.80. The molecule has 2 atom stereocenters. The number of rotatable bonds is 7. The van der Waals surface area contributed by atoms with Gasteiger partial charge in [0.05, 0.1) is 0 Å². The highest BCUT2D eigenvalue weighted by molar-refractivity contribution is 5.94. The Morgan fingerprint density at radius 1 is 1.11 bits per heavy atom. The Morgan fingerprint density at radius 2 is 1.81 bits per heavy atom. The lowest BCUT2D eigenvalue weighted by atomic mass is 10.0. The zero-order valence-corrected chi connectivity index (χ0v) is 22.4. The maximum Gasteiger partial charge on any atom is 0.410 e. The van der Waals surface area contributed by atoms with Crippen LogP contribution in [-0.2, 0) is 4.74 Å². The molecule has 0 bridgehead atoms. The van der Waals surface area contributed by atoms with Crippen LogP contribution in [-0.4, -0.2) is 66.7 Å². The van der Waals surface area contributed by atoms with Crippen LogP contribution in [0.5, 0.6) is 5.75 Å². The fourth-order valence-electron chi connectivity index (χ4n) is 4.70. The Hall–Kier alpha value is -3.13. The van der Waals surface area contributed by atoms with Gasteiger partial charge in [0.1, 0.15) is 23.3 Å². The molecule has 2 fully saturated rings. The largest absolute Gasteiger partial charge is 0.484 e. The first-order valence-corrected chi connectivity index (χ1v) is 13.0. The van der Waals surface area contributed by atoms with E-state index in [2.05, 4.69) is 10.2 Å². The number of hydrogen-bond acceptors (Lipinski definition) is 5. The molecule has 4 rings (SSSR count). The van der Waals surface area contributed by atoms with E-state index >= 15 is 0 Å². The molecule has 0 aromatic heterocycles. The van der Waals surface area contributed by atoms with Crippen LogP contribution in [0, 0.1) is 5.82 Å². The molecule has 1 aliphatic heterocycles. The maximum absolute atomic E-state index is 15.0. The molecule has 1 unspecified atom stereocenters. The summed E-state index contributed by atoms with van der Waals surface area (Å²) >= 11 is 0. The smallest absolute Gasteiger partial charge is 0.410 e. The second-order valence-electron chi connectivity index (χ2n) is 11.0. The molecule has 2 aromatic rings. The van der Waals surface area contributed by atoms with Gasteiger partial charge in [0, 0.05) is 44.8 Å². The van der Waals surface area contributed by atoms with E-state index < -0.39 is 11.7 Å². The number of benzene rings is 2. The normalized spacial score (nSPS) is 19.3. The summed E-state index contributed by atoms with van der Waals surface area (Å²) in [5.74, 6) is 0.571. The Bertz CT molecular complexity index is 1110. The molecule has 1 aliphatic carbocycles. The summed E-state index contributed by atoms with van der Waals surface area (Å²) in [6, 6.07) is 12.3. The molecule has 0 spiro atoms. The lowest BCUT2D eigenvalue weighted by molar-refractivity contribution is -0.00299. The third kappa shape index (κ3) is 7.01. The van der Waals surface area contributed by atoms with Crippen molar-refractivity contribution < 1.29 is 23.5 Å². The standard InChI is InChI=1S/C29H38FN3O4/c1-19-17-32(14-15-33(19)28(35)37-29(2,3)4)18-26(22-10-13-24(20-6-7-20)25(30)16-22)36-23-11-8-21(9-12-23)27(34)31-5/h8-13,16,19-20,26H,6-7,14-15,17-18H2,1-5H3,(H,31,34)/t19-,26?/m1/s1. The zero-order valence-electron chi connectivity index (χ0n) is 22.4. The second kappa shape index (κ2) is 11.1. The lowest BCUT2D eigenvalue weighted by Crippen LogP contribution is -2.55. The minimum atomic E-state index is -0.545. The van der Waals surface area contributed by atoms with Gasteiger partial charge in [-0.1, -0.05) is 12.1 Å². The molecular formula is C29H38FN3O4. The average Bonchev–Trinajstić information content (AvgIpc) is 3.68. The molecule has 7 nitrogen and oxygen atoms in total. The van der Waals surface area contributed by atoms with Crippen molar-refractivity contribution in [3.8, 4) is 5.75 Å². The van der Waals surface area contributed by atoms with Gasteiger partial charge in [0.25, 0.3) is 5.91 Å². The van der Waals surface area contributed by atoms with Crippen molar-refractivity contribution in [3.63, 3.8) is 0 Å². The number of halogens is 1. The highest BCUT2D eigenvalue weighted by atomic mass is 19.1. The van der Waals surface area contributed by atoms with Gasteiger partial charge in [-0.05, 0) is 87.9 Å². The topological polar surface area (TPSA) is 71.1 Å². The molecule has 8 heteroatoms. The van der Waals surface area contributed by atoms with E-state index in [0.29, 0.717) is 43.4 Å². The van der Waals surface area contributed by atoms with Crippen molar-refractivity contribution in [1.82, 2.24) is 15.1 Å². The van der Waals surface area contributed by atoms with E-state index in [9.17, 15) is 14.0 Å². The highest BCUT2D eigenvalue weighted by Gasteiger charge is 2.33. The molecule has 1 saturated heterocycles. The van der Waals surface area contributed by atoms with Gasteiger partial charge in [-0.25, -0.2) is 9.18 Å². The lowest BCUT2D eigenvalue weighted by Gasteiger charge is -2.41. The molecular weight excluding hydrogens is 473 g/mol. The van der Waals surface area contributed by atoms with Crippen LogP contribution in [0.2, 0.25) is 0 Å². The van der Waals surface area contributed by atoms with E-state index in [1.54, 1.807) is 42.3 Å². The predicted molar refractivity (Wildman–Crippen MR) is 140 cm³/mol. The Kier molecular flexibility index (Phi) is 8.07. The van der Waals surface area contributed by atoms with Gasteiger partial charge in [0.2, 0.25) is 0 Å². The number of nitrogens with one attached hydrogen (secondary N) is 1. The van der Waals surface area contributed by atoms with Gasteiger partial charge in [0.15, 0.2) is 0 Å². The third-order valence-electron chi connectivity index (χ3n) is 6.80. The summed E-state index contributed by atoms with van der Waals surface area (Å²) in [5, 5.41) is 2.61. The van der Waals surface area contributed by atoms with Crippen LogP contribution in [0.1, 0.15) is 74.0 Å². The Morgan fingerprint density at radius 3 is 2.38 bits per heavy atom. The summed E-state index contributed by atoms with van der Waals surface area (Å²) in [4.78, 5) is 28.5. The number of amides is 2. The quantitative estimate of drug-likeness (QED) is 0.559. The van der Waals surface area contributed by atoms with Crippen molar-refractivity contribution in [3.05, 3.63) is 65.0 Å². The summed E-state index contributed by atoms with van der Waals surface area (Å²) in [7, 11) is 1.59. The monoisotopic (exact) mass is 511 g/mol. The summed E-state index contributed by atoms with van der Waals surface area (Å²) in [6.45, 7) is 9.98. The highest BCUT2D eigenvalue weighted by Crippen LogP contribution is 2.41. The first-order chi connectivity index (χ1) is 17.5. The van der Waals surface area contributed by atoms with E-state index in [0.717, 1.165) is 24.0 Å². The second-order valence-corrected chi connectivity index (χ2v) is 11.0. The number of carbonyl (C=O) groups excluding carboxylic acids is 2. The van der Waals surface area contributed by atoms with E-state index in [1.807, 2.05) is 39.8 Å². The first kappa shape index (κ1) is 26.9. The molecule has 1 N–H and O–H groups in total. The van der Waals surface area contributed by atoms with Crippen LogP contribution in [0.4, 0.5) is 9.18 Å². The fraction of sp³-hybridized carbons (Fsp3) is 0.517. The van der Waals surface area contributed by atoms with Gasteiger partial charge in [-0.3, -0.25) is 9.69 Å². The van der Waals surface area contributed by atoms with Crippen LogP contribution in [0.25, 0.3) is 0 Å². The number of hydrogen-bond donors (Lipinski definition) is 1. The van der Waals surface area contributed by atoms with Crippen LogP contribution in [0.15, 0.2) is 42.5 Å². The van der Waals surface area contributed by atoms with Crippen molar-refractivity contribution >= 4 is 12.0 Å². The average molecular weight is 512 g/mol. The van der Waals surface area contributed by atoms with Gasteiger partial charge in [-0.2, -0.15) is 0 Å². The van der Waals surface area contributed by atoms with Crippen molar-refractivity contribution in [1.29, 1.82) is 0 Å². The molecule has 0 radical (unpaired) electrons.